The molecule has 25 heavy (non-hydrogen) atoms. The molecule has 0 saturated heterocycles. The second kappa shape index (κ2) is 9.17. The van der Waals surface area contributed by atoms with E-state index in [2.05, 4.69) is 20.9 Å². The third-order valence-corrected chi connectivity index (χ3v) is 3.37. The van der Waals surface area contributed by atoms with E-state index >= 15 is 0 Å². The first kappa shape index (κ1) is 18.1. The van der Waals surface area contributed by atoms with Crippen LogP contribution in [0.5, 0.6) is 0 Å². The SMILES string of the molecule is CC(=O)NCC(=O)NCC(=O)NC(c1ccccc1)c1ccccn1. The Bertz CT molecular complexity index is 680. The average molecular weight is 340 g/mol. The van der Waals surface area contributed by atoms with Gasteiger partial charge < -0.3 is 16.0 Å². The highest BCUT2D eigenvalue weighted by Crippen LogP contribution is 2.19. The summed E-state index contributed by atoms with van der Waals surface area (Å²) < 4.78 is 0. The Morgan fingerprint density at radius 2 is 1.60 bits per heavy atom. The van der Waals surface area contributed by atoms with Gasteiger partial charge in [0, 0.05) is 13.1 Å². The minimum Gasteiger partial charge on any atom is -0.347 e. The lowest BCUT2D eigenvalue weighted by molar-refractivity contribution is -0.127. The van der Waals surface area contributed by atoms with Crippen LogP contribution in [0.4, 0.5) is 0 Å². The molecule has 1 unspecified atom stereocenters. The standard InChI is InChI=1S/C18H20N4O3/c1-13(23)20-11-16(24)21-12-17(25)22-18(14-7-3-2-4-8-14)15-9-5-6-10-19-15/h2-10,18H,11-12H2,1H3,(H,20,23)(H,21,24)(H,22,25). The molecule has 1 atom stereocenters. The van der Waals surface area contributed by atoms with Crippen LogP contribution in [0.15, 0.2) is 54.7 Å². The molecule has 3 amide bonds. The summed E-state index contributed by atoms with van der Waals surface area (Å²) in [6.07, 6.45) is 1.66. The molecule has 2 rings (SSSR count). The van der Waals surface area contributed by atoms with Crippen molar-refractivity contribution >= 4 is 17.7 Å². The summed E-state index contributed by atoms with van der Waals surface area (Å²) in [7, 11) is 0. The van der Waals surface area contributed by atoms with Gasteiger partial charge in [-0.15, -0.1) is 0 Å². The molecule has 0 spiro atoms. The van der Waals surface area contributed by atoms with Gasteiger partial charge in [-0.25, -0.2) is 0 Å². The number of benzene rings is 1. The van der Waals surface area contributed by atoms with Crippen LogP contribution in [-0.4, -0.2) is 35.8 Å². The number of nitrogens with zero attached hydrogens (tertiary/aromatic N) is 1. The molecule has 130 valence electrons. The Kier molecular flexibility index (Phi) is 6.65. The number of rotatable bonds is 7. The number of aromatic nitrogens is 1. The normalized spacial score (nSPS) is 11.2. The van der Waals surface area contributed by atoms with Crippen molar-refractivity contribution in [2.75, 3.05) is 13.1 Å². The number of nitrogens with one attached hydrogen (secondary N) is 3. The van der Waals surface area contributed by atoms with Gasteiger partial charge in [-0.3, -0.25) is 19.4 Å². The lowest BCUT2D eigenvalue weighted by Crippen LogP contribution is -2.42. The third kappa shape index (κ3) is 6.06. The Balaban J connectivity index is 1.99. The van der Waals surface area contributed by atoms with E-state index in [4.69, 9.17) is 0 Å². The first-order chi connectivity index (χ1) is 12.1. The highest BCUT2D eigenvalue weighted by molar-refractivity contribution is 5.87. The molecule has 3 N–H and O–H groups in total. The van der Waals surface area contributed by atoms with Crippen LogP contribution in [0.2, 0.25) is 0 Å². The Morgan fingerprint density at radius 1 is 0.920 bits per heavy atom. The van der Waals surface area contributed by atoms with Crippen LogP contribution in [0, 0.1) is 0 Å². The maximum absolute atomic E-state index is 12.2. The fraction of sp³-hybridized carbons (Fsp3) is 0.222. The Morgan fingerprint density at radius 3 is 2.24 bits per heavy atom. The zero-order chi connectivity index (χ0) is 18.1. The van der Waals surface area contributed by atoms with E-state index in [-0.39, 0.29) is 24.9 Å². The second-order valence-corrected chi connectivity index (χ2v) is 5.35. The van der Waals surface area contributed by atoms with Crippen molar-refractivity contribution in [1.82, 2.24) is 20.9 Å². The molecule has 0 saturated carbocycles. The predicted molar refractivity (Wildman–Crippen MR) is 92.4 cm³/mol. The number of hydrogen-bond donors (Lipinski definition) is 3. The van der Waals surface area contributed by atoms with E-state index in [1.54, 1.807) is 12.3 Å². The zero-order valence-electron chi connectivity index (χ0n) is 13.9. The quantitative estimate of drug-likeness (QED) is 0.685. The maximum Gasteiger partial charge on any atom is 0.240 e. The number of carbonyl (C=O) groups excluding carboxylic acids is 3. The molecule has 0 aliphatic rings. The maximum atomic E-state index is 12.2. The number of hydrogen-bond acceptors (Lipinski definition) is 4. The number of carbonyl (C=O) groups is 3. The van der Waals surface area contributed by atoms with Crippen LogP contribution >= 0.6 is 0 Å². The summed E-state index contributed by atoms with van der Waals surface area (Å²) in [6, 6.07) is 14.5. The van der Waals surface area contributed by atoms with Crippen molar-refractivity contribution in [3.8, 4) is 0 Å². The van der Waals surface area contributed by atoms with E-state index in [9.17, 15) is 14.4 Å². The lowest BCUT2D eigenvalue weighted by Gasteiger charge is -2.19. The molecule has 7 heteroatoms. The van der Waals surface area contributed by atoms with Gasteiger partial charge in [0.05, 0.1) is 24.8 Å². The summed E-state index contributed by atoms with van der Waals surface area (Å²) in [5, 5.41) is 7.70. The first-order valence-electron chi connectivity index (χ1n) is 7.82. The fourth-order valence-corrected chi connectivity index (χ4v) is 2.18. The molecule has 1 heterocycles. The van der Waals surface area contributed by atoms with E-state index in [1.807, 2.05) is 42.5 Å². The van der Waals surface area contributed by atoms with Crippen molar-refractivity contribution in [3.63, 3.8) is 0 Å². The summed E-state index contributed by atoms with van der Waals surface area (Å²) in [4.78, 5) is 38.8. The molecule has 2 aromatic rings. The number of pyridine rings is 1. The smallest absolute Gasteiger partial charge is 0.240 e. The Hall–Kier alpha value is -3.22. The molecule has 7 nitrogen and oxygen atoms in total. The molecule has 0 aliphatic heterocycles. The molecule has 0 aliphatic carbocycles. The Labute approximate surface area is 145 Å². The topological polar surface area (TPSA) is 100 Å². The highest BCUT2D eigenvalue weighted by Gasteiger charge is 2.18. The molecule has 0 radical (unpaired) electrons. The van der Waals surface area contributed by atoms with E-state index < -0.39 is 11.9 Å². The van der Waals surface area contributed by atoms with Gasteiger partial charge in [0.1, 0.15) is 0 Å². The molecule has 0 bridgehead atoms. The van der Waals surface area contributed by atoms with Gasteiger partial charge in [-0.2, -0.15) is 0 Å². The van der Waals surface area contributed by atoms with Gasteiger partial charge in [0.25, 0.3) is 0 Å². The van der Waals surface area contributed by atoms with Gasteiger partial charge in [0.15, 0.2) is 0 Å². The van der Waals surface area contributed by atoms with Crippen LogP contribution in [0.25, 0.3) is 0 Å². The molecular weight excluding hydrogens is 320 g/mol. The molecule has 1 aromatic heterocycles. The van der Waals surface area contributed by atoms with Crippen molar-refractivity contribution in [3.05, 3.63) is 66.0 Å². The monoisotopic (exact) mass is 340 g/mol. The largest absolute Gasteiger partial charge is 0.347 e. The fourth-order valence-electron chi connectivity index (χ4n) is 2.18. The predicted octanol–water partition coefficient (Wildman–Crippen LogP) is 0.540. The molecule has 0 fully saturated rings. The summed E-state index contributed by atoms with van der Waals surface area (Å²) in [5.74, 6) is -1.09. The molecular formula is C18H20N4O3. The third-order valence-electron chi connectivity index (χ3n) is 3.37. The summed E-state index contributed by atoms with van der Waals surface area (Å²) in [5.41, 5.74) is 1.59. The number of amides is 3. The lowest BCUT2D eigenvalue weighted by atomic mass is 10.0. The van der Waals surface area contributed by atoms with Crippen molar-refractivity contribution in [1.29, 1.82) is 0 Å². The van der Waals surface area contributed by atoms with Crippen molar-refractivity contribution < 1.29 is 14.4 Å². The van der Waals surface area contributed by atoms with Crippen LogP contribution in [-0.2, 0) is 14.4 Å². The van der Waals surface area contributed by atoms with E-state index in [1.165, 1.54) is 6.92 Å². The van der Waals surface area contributed by atoms with Crippen molar-refractivity contribution in [2.24, 2.45) is 0 Å². The van der Waals surface area contributed by atoms with Crippen LogP contribution < -0.4 is 16.0 Å². The first-order valence-corrected chi connectivity index (χ1v) is 7.82. The minimum absolute atomic E-state index is 0.162. The summed E-state index contributed by atoms with van der Waals surface area (Å²) in [6.45, 7) is 0.969. The summed E-state index contributed by atoms with van der Waals surface area (Å²) >= 11 is 0. The second-order valence-electron chi connectivity index (χ2n) is 5.35. The minimum atomic E-state index is -0.431. The molecule has 1 aromatic carbocycles. The van der Waals surface area contributed by atoms with Crippen molar-refractivity contribution in [2.45, 2.75) is 13.0 Å². The van der Waals surface area contributed by atoms with Crippen LogP contribution in [0.1, 0.15) is 24.2 Å². The highest BCUT2D eigenvalue weighted by atomic mass is 16.2. The average Bonchev–Trinajstić information content (AvgIpc) is 2.64. The van der Waals surface area contributed by atoms with Gasteiger partial charge >= 0.3 is 0 Å². The van der Waals surface area contributed by atoms with E-state index in [0.717, 1.165) is 5.56 Å². The van der Waals surface area contributed by atoms with Gasteiger partial charge in [-0.05, 0) is 17.7 Å². The van der Waals surface area contributed by atoms with E-state index in [0.29, 0.717) is 5.69 Å². The van der Waals surface area contributed by atoms with Gasteiger partial charge in [-0.1, -0.05) is 36.4 Å². The zero-order valence-corrected chi connectivity index (χ0v) is 13.9. The van der Waals surface area contributed by atoms with Gasteiger partial charge in [0.2, 0.25) is 17.7 Å². The van der Waals surface area contributed by atoms with Crippen LogP contribution in [0.3, 0.4) is 0 Å².